The van der Waals surface area contributed by atoms with Gasteiger partial charge in [0.2, 0.25) is 0 Å². The van der Waals surface area contributed by atoms with Crippen molar-refractivity contribution < 1.29 is 9.53 Å². The lowest BCUT2D eigenvalue weighted by atomic mass is 10.1. The number of urea groups is 1. The Bertz CT molecular complexity index is 245. The summed E-state index contributed by atoms with van der Waals surface area (Å²) in [6.07, 6.45) is 2.39. The molecule has 4 nitrogen and oxygen atoms in total. The number of nitrogens with zero attached hydrogens (tertiary/aromatic N) is 2. The van der Waals surface area contributed by atoms with Crippen molar-refractivity contribution in [2.24, 2.45) is 0 Å². The van der Waals surface area contributed by atoms with Crippen molar-refractivity contribution in [1.29, 1.82) is 0 Å². The lowest BCUT2D eigenvalue weighted by Crippen LogP contribution is -2.54. The van der Waals surface area contributed by atoms with Crippen LogP contribution < -0.4 is 0 Å². The summed E-state index contributed by atoms with van der Waals surface area (Å²) in [5.41, 5.74) is 0. The number of hydrogen-bond donors (Lipinski definition) is 0. The molecule has 2 fully saturated rings. The van der Waals surface area contributed by atoms with Gasteiger partial charge in [-0.2, -0.15) is 0 Å². The Kier molecular flexibility index (Phi) is 3.14. The lowest BCUT2D eigenvalue weighted by molar-refractivity contribution is 0.0624. The molecule has 15 heavy (non-hydrogen) atoms. The van der Waals surface area contributed by atoms with Crippen molar-refractivity contribution in [3.63, 3.8) is 0 Å². The monoisotopic (exact) mass is 212 g/mol. The maximum Gasteiger partial charge on any atom is 0.320 e. The molecule has 2 aliphatic rings. The van der Waals surface area contributed by atoms with E-state index < -0.39 is 0 Å². The molecule has 0 N–H and O–H groups in total. The molecule has 2 atom stereocenters. The molecular formula is C11H20N2O2. The maximum absolute atomic E-state index is 12.0. The first-order chi connectivity index (χ1) is 7.22. The van der Waals surface area contributed by atoms with Crippen LogP contribution in [0.5, 0.6) is 0 Å². The van der Waals surface area contributed by atoms with E-state index in [2.05, 4.69) is 6.92 Å². The van der Waals surface area contributed by atoms with Crippen LogP contribution in [0.15, 0.2) is 0 Å². The number of rotatable bonds is 2. The predicted octanol–water partition coefficient (Wildman–Crippen LogP) is 1.31. The normalized spacial score (nSPS) is 30.5. The van der Waals surface area contributed by atoms with Gasteiger partial charge in [-0.1, -0.05) is 0 Å². The van der Waals surface area contributed by atoms with Gasteiger partial charge in [0.15, 0.2) is 0 Å². The zero-order valence-electron chi connectivity index (χ0n) is 9.61. The standard InChI is InChI=1S/C11H20N2O2/c1-3-15-10-5-6-12(8-10)11(14)13-7-4-9(13)2/h9-10H,3-8H2,1-2H3. The first kappa shape index (κ1) is 10.7. The molecule has 2 unspecified atom stereocenters. The van der Waals surface area contributed by atoms with E-state index in [0.717, 1.165) is 39.1 Å². The summed E-state index contributed by atoms with van der Waals surface area (Å²) in [5.74, 6) is 0. The van der Waals surface area contributed by atoms with E-state index in [1.807, 2.05) is 16.7 Å². The van der Waals surface area contributed by atoms with Gasteiger partial charge in [-0.05, 0) is 26.7 Å². The van der Waals surface area contributed by atoms with E-state index in [0.29, 0.717) is 6.04 Å². The van der Waals surface area contributed by atoms with E-state index in [1.54, 1.807) is 0 Å². The third-order valence-electron chi connectivity index (χ3n) is 3.38. The van der Waals surface area contributed by atoms with Crippen molar-refractivity contribution in [3.05, 3.63) is 0 Å². The predicted molar refractivity (Wildman–Crippen MR) is 57.8 cm³/mol. The third-order valence-corrected chi connectivity index (χ3v) is 3.38. The van der Waals surface area contributed by atoms with Gasteiger partial charge in [0.25, 0.3) is 0 Å². The minimum atomic E-state index is 0.205. The maximum atomic E-state index is 12.0. The van der Waals surface area contributed by atoms with Crippen LogP contribution in [-0.2, 0) is 4.74 Å². The number of amides is 2. The quantitative estimate of drug-likeness (QED) is 0.691. The van der Waals surface area contributed by atoms with Crippen LogP contribution in [-0.4, -0.2) is 54.2 Å². The van der Waals surface area contributed by atoms with E-state index in [4.69, 9.17) is 4.74 Å². The molecule has 2 aliphatic heterocycles. The summed E-state index contributed by atoms with van der Waals surface area (Å²) >= 11 is 0. The van der Waals surface area contributed by atoms with Crippen molar-refractivity contribution in [2.75, 3.05) is 26.2 Å². The fraction of sp³-hybridized carbons (Fsp3) is 0.909. The van der Waals surface area contributed by atoms with Crippen LogP contribution in [0.25, 0.3) is 0 Å². The molecule has 2 amide bonds. The first-order valence-electron chi connectivity index (χ1n) is 5.89. The Labute approximate surface area is 91.2 Å². The third kappa shape index (κ3) is 2.09. The van der Waals surface area contributed by atoms with E-state index in [1.165, 1.54) is 0 Å². The van der Waals surface area contributed by atoms with Crippen LogP contribution in [0.2, 0.25) is 0 Å². The fourth-order valence-electron chi connectivity index (χ4n) is 2.26. The number of likely N-dealkylation sites (tertiary alicyclic amines) is 2. The molecule has 0 aromatic rings. The minimum Gasteiger partial charge on any atom is -0.377 e. The Morgan fingerprint density at radius 2 is 2.20 bits per heavy atom. The highest BCUT2D eigenvalue weighted by atomic mass is 16.5. The average Bonchev–Trinajstić information content (AvgIpc) is 2.64. The zero-order valence-corrected chi connectivity index (χ0v) is 9.61. The second kappa shape index (κ2) is 4.39. The summed E-state index contributed by atoms with van der Waals surface area (Å²) in [5, 5.41) is 0. The van der Waals surface area contributed by atoms with Crippen molar-refractivity contribution in [2.45, 2.75) is 38.8 Å². The highest BCUT2D eigenvalue weighted by molar-refractivity contribution is 5.76. The van der Waals surface area contributed by atoms with Crippen LogP contribution in [0, 0.1) is 0 Å². The van der Waals surface area contributed by atoms with Gasteiger partial charge < -0.3 is 14.5 Å². The summed E-state index contributed by atoms with van der Waals surface area (Å²) in [6.45, 7) is 7.41. The molecule has 2 heterocycles. The van der Waals surface area contributed by atoms with Crippen LogP contribution in [0.1, 0.15) is 26.7 Å². The Hall–Kier alpha value is -0.770. The highest BCUT2D eigenvalue weighted by Gasteiger charge is 2.35. The fourth-order valence-corrected chi connectivity index (χ4v) is 2.26. The van der Waals surface area contributed by atoms with Gasteiger partial charge in [0.1, 0.15) is 0 Å². The highest BCUT2D eigenvalue weighted by Crippen LogP contribution is 2.21. The molecule has 2 saturated heterocycles. The Morgan fingerprint density at radius 1 is 1.40 bits per heavy atom. The second-order valence-electron chi connectivity index (χ2n) is 4.43. The van der Waals surface area contributed by atoms with Crippen LogP contribution >= 0.6 is 0 Å². The molecule has 0 saturated carbocycles. The molecule has 2 rings (SSSR count). The van der Waals surface area contributed by atoms with Gasteiger partial charge in [0.05, 0.1) is 6.10 Å². The molecule has 0 spiro atoms. The van der Waals surface area contributed by atoms with Crippen LogP contribution in [0.4, 0.5) is 4.79 Å². The Balaban J connectivity index is 1.82. The molecule has 0 radical (unpaired) electrons. The van der Waals surface area contributed by atoms with Crippen LogP contribution in [0.3, 0.4) is 0 Å². The van der Waals surface area contributed by atoms with Gasteiger partial charge in [0, 0.05) is 32.3 Å². The molecule has 0 aromatic heterocycles. The largest absolute Gasteiger partial charge is 0.377 e. The number of carbonyl (C=O) groups is 1. The minimum absolute atomic E-state index is 0.205. The molecule has 0 bridgehead atoms. The van der Waals surface area contributed by atoms with Gasteiger partial charge in [-0.15, -0.1) is 0 Å². The number of carbonyl (C=O) groups excluding carboxylic acids is 1. The van der Waals surface area contributed by atoms with E-state index in [9.17, 15) is 4.79 Å². The van der Waals surface area contributed by atoms with E-state index in [-0.39, 0.29) is 12.1 Å². The van der Waals surface area contributed by atoms with Crippen molar-refractivity contribution in [1.82, 2.24) is 9.80 Å². The summed E-state index contributed by atoms with van der Waals surface area (Å²) in [6, 6.07) is 0.639. The molecule has 4 heteroatoms. The Morgan fingerprint density at radius 3 is 2.73 bits per heavy atom. The smallest absolute Gasteiger partial charge is 0.320 e. The first-order valence-corrected chi connectivity index (χ1v) is 5.89. The summed E-state index contributed by atoms with van der Waals surface area (Å²) in [4.78, 5) is 15.9. The zero-order chi connectivity index (χ0) is 10.8. The van der Waals surface area contributed by atoms with Crippen molar-refractivity contribution >= 4 is 6.03 Å². The molecule has 0 aromatic carbocycles. The van der Waals surface area contributed by atoms with Gasteiger partial charge >= 0.3 is 6.03 Å². The molecule has 0 aliphatic carbocycles. The summed E-state index contributed by atoms with van der Waals surface area (Å²) < 4.78 is 5.53. The number of hydrogen-bond acceptors (Lipinski definition) is 2. The SMILES string of the molecule is CCOC1CCN(C(=O)N2CCC2C)C1. The van der Waals surface area contributed by atoms with Crippen molar-refractivity contribution in [3.8, 4) is 0 Å². The van der Waals surface area contributed by atoms with E-state index >= 15 is 0 Å². The lowest BCUT2D eigenvalue weighted by Gasteiger charge is -2.40. The average molecular weight is 212 g/mol. The molecule has 86 valence electrons. The number of ether oxygens (including phenoxy) is 1. The summed E-state index contributed by atoms with van der Waals surface area (Å²) in [7, 11) is 0. The molecular weight excluding hydrogens is 192 g/mol. The topological polar surface area (TPSA) is 32.8 Å². The second-order valence-corrected chi connectivity index (χ2v) is 4.43. The van der Waals surface area contributed by atoms with Gasteiger partial charge in [-0.25, -0.2) is 4.79 Å². The van der Waals surface area contributed by atoms with Gasteiger partial charge in [-0.3, -0.25) is 0 Å².